The summed E-state index contributed by atoms with van der Waals surface area (Å²) < 4.78 is 5.14. The van der Waals surface area contributed by atoms with E-state index in [4.69, 9.17) is 4.42 Å². The fourth-order valence-electron chi connectivity index (χ4n) is 3.21. The highest BCUT2D eigenvalue weighted by Crippen LogP contribution is 2.14. The molecule has 1 aromatic carbocycles. The maximum Gasteiger partial charge on any atom is 0.289 e. The number of carbonyl (C=O) groups is 3. The first-order valence-corrected chi connectivity index (χ1v) is 9.41. The van der Waals surface area contributed by atoms with E-state index in [9.17, 15) is 14.4 Å². The number of furan rings is 1. The zero-order chi connectivity index (χ0) is 20.1. The average Bonchev–Trinajstić information content (AvgIpc) is 3.23. The van der Waals surface area contributed by atoms with E-state index in [1.807, 2.05) is 26.0 Å². The molecule has 1 aliphatic heterocycles. The van der Waals surface area contributed by atoms with Gasteiger partial charge in [-0.2, -0.15) is 0 Å². The van der Waals surface area contributed by atoms with Crippen LogP contribution in [0.1, 0.15) is 44.9 Å². The Morgan fingerprint density at radius 3 is 2.50 bits per heavy atom. The molecule has 0 atom stereocenters. The third kappa shape index (κ3) is 4.79. The molecule has 148 valence electrons. The van der Waals surface area contributed by atoms with E-state index in [-0.39, 0.29) is 30.3 Å². The summed E-state index contributed by atoms with van der Waals surface area (Å²) in [5.74, 6) is -0.294. The molecule has 0 aliphatic carbocycles. The molecule has 7 nitrogen and oxygen atoms in total. The van der Waals surface area contributed by atoms with Crippen molar-refractivity contribution >= 4 is 17.7 Å². The average molecular weight is 383 g/mol. The van der Waals surface area contributed by atoms with Gasteiger partial charge in [-0.25, -0.2) is 0 Å². The van der Waals surface area contributed by atoms with E-state index >= 15 is 0 Å². The van der Waals surface area contributed by atoms with Crippen LogP contribution in [0, 0.1) is 13.8 Å². The lowest BCUT2D eigenvalue weighted by atomic mass is 10.0. The molecule has 0 radical (unpaired) electrons. The Bertz CT molecular complexity index is 853. The molecule has 0 unspecified atom stereocenters. The zero-order valence-electron chi connectivity index (χ0n) is 16.2. The molecule has 0 spiro atoms. The van der Waals surface area contributed by atoms with Gasteiger partial charge in [-0.3, -0.25) is 14.4 Å². The topological polar surface area (TPSA) is 91.7 Å². The molecule has 7 heteroatoms. The normalized spacial score (nSPS) is 14.6. The quantitative estimate of drug-likeness (QED) is 0.827. The molecule has 2 aromatic rings. The Morgan fingerprint density at radius 2 is 1.86 bits per heavy atom. The molecule has 0 bridgehead atoms. The number of piperidine rings is 1. The molecule has 28 heavy (non-hydrogen) atoms. The molecular weight excluding hydrogens is 358 g/mol. The van der Waals surface area contributed by atoms with Crippen LogP contribution < -0.4 is 10.6 Å². The summed E-state index contributed by atoms with van der Waals surface area (Å²) >= 11 is 0. The molecule has 1 aromatic heterocycles. The largest absolute Gasteiger partial charge is 0.459 e. The van der Waals surface area contributed by atoms with Crippen molar-refractivity contribution in [2.24, 2.45) is 0 Å². The van der Waals surface area contributed by atoms with E-state index < -0.39 is 0 Å². The van der Waals surface area contributed by atoms with Gasteiger partial charge >= 0.3 is 0 Å². The van der Waals surface area contributed by atoms with Crippen molar-refractivity contribution in [1.82, 2.24) is 15.5 Å². The van der Waals surface area contributed by atoms with Gasteiger partial charge in [0.1, 0.15) is 0 Å². The lowest BCUT2D eigenvalue weighted by Crippen LogP contribution is -2.48. The van der Waals surface area contributed by atoms with Crippen molar-refractivity contribution in [3.8, 4) is 0 Å². The van der Waals surface area contributed by atoms with Crippen LogP contribution in [-0.2, 0) is 4.79 Å². The van der Waals surface area contributed by atoms with Crippen molar-refractivity contribution in [2.45, 2.75) is 32.7 Å². The first-order chi connectivity index (χ1) is 13.4. The summed E-state index contributed by atoms with van der Waals surface area (Å²) in [4.78, 5) is 38.3. The van der Waals surface area contributed by atoms with E-state index in [1.54, 1.807) is 23.1 Å². The minimum absolute atomic E-state index is 0.00771. The molecule has 3 amide bonds. The van der Waals surface area contributed by atoms with Crippen molar-refractivity contribution < 1.29 is 18.8 Å². The van der Waals surface area contributed by atoms with E-state index in [2.05, 4.69) is 10.6 Å². The molecule has 1 saturated heterocycles. The van der Waals surface area contributed by atoms with Crippen molar-refractivity contribution in [1.29, 1.82) is 0 Å². The summed E-state index contributed by atoms with van der Waals surface area (Å²) in [6, 6.07) is 8.78. The van der Waals surface area contributed by atoms with Gasteiger partial charge in [0, 0.05) is 24.7 Å². The number of amides is 3. The van der Waals surface area contributed by atoms with Gasteiger partial charge in [0.15, 0.2) is 5.76 Å². The van der Waals surface area contributed by atoms with Crippen LogP contribution in [0.2, 0.25) is 0 Å². The van der Waals surface area contributed by atoms with Crippen molar-refractivity contribution in [2.75, 3.05) is 19.6 Å². The molecule has 1 aliphatic rings. The lowest BCUT2D eigenvalue weighted by molar-refractivity contribution is -0.121. The summed E-state index contributed by atoms with van der Waals surface area (Å²) in [6.07, 6.45) is 2.82. The number of likely N-dealkylation sites (tertiary alicyclic amines) is 1. The number of rotatable bonds is 5. The van der Waals surface area contributed by atoms with Gasteiger partial charge in [-0.1, -0.05) is 6.07 Å². The summed E-state index contributed by atoms with van der Waals surface area (Å²) in [5.41, 5.74) is 2.69. The van der Waals surface area contributed by atoms with Crippen LogP contribution in [0.5, 0.6) is 0 Å². The second-order valence-electron chi connectivity index (χ2n) is 7.09. The predicted octanol–water partition coefficient (Wildman–Crippen LogP) is 2.05. The maximum absolute atomic E-state index is 12.2. The van der Waals surface area contributed by atoms with Gasteiger partial charge in [0.2, 0.25) is 5.91 Å². The Kier molecular flexibility index (Phi) is 6.13. The first kappa shape index (κ1) is 19.7. The molecule has 2 heterocycles. The number of hydrogen-bond acceptors (Lipinski definition) is 4. The third-order valence-corrected chi connectivity index (χ3v) is 5.06. The first-order valence-electron chi connectivity index (χ1n) is 9.41. The number of benzene rings is 1. The Labute approximate surface area is 164 Å². The second kappa shape index (κ2) is 8.73. The third-order valence-electron chi connectivity index (χ3n) is 5.06. The predicted molar refractivity (Wildman–Crippen MR) is 104 cm³/mol. The van der Waals surface area contributed by atoms with Crippen LogP contribution in [0.15, 0.2) is 41.0 Å². The molecule has 0 saturated carbocycles. The molecule has 3 rings (SSSR count). The molecule has 1 fully saturated rings. The van der Waals surface area contributed by atoms with Gasteiger partial charge < -0.3 is 20.0 Å². The highest BCUT2D eigenvalue weighted by Gasteiger charge is 2.25. The lowest BCUT2D eigenvalue weighted by Gasteiger charge is -2.31. The number of carbonyl (C=O) groups excluding carboxylic acids is 3. The van der Waals surface area contributed by atoms with Crippen molar-refractivity contribution in [3.05, 3.63) is 59.0 Å². The fourth-order valence-corrected chi connectivity index (χ4v) is 3.21. The summed E-state index contributed by atoms with van der Waals surface area (Å²) in [7, 11) is 0. The summed E-state index contributed by atoms with van der Waals surface area (Å²) in [6.45, 7) is 4.97. The van der Waals surface area contributed by atoms with E-state index in [0.717, 1.165) is 11.1 Å². The number of nitrogens with one attached hydrogen (secondary N) is 2. The van der Waals surface area contributed by atoms with Crippen molar-refractivity contribution in [3.63, 3.8) is 0 Å². The SMILES string of the molecule is Cc1ccc(C(=O)NCC(=O)NC2CCN(C(=O)c3ccco3)CC2)cc1C. The fraction of sp³-hybridized carbons (Fsp3) is 0.381. The summed E-state index contributed by atoms with van der Waals surface area (Å²) in [5, 5.41) is 5.58. The van der Waals surface area contributed by atoms with Crippen LogP contribution in [0.3, 0.4) is 0 Å². The van der Waals surface area contributed by atoms with Crippen LogP contribution in [0.4, 0.5) is 0 Å². The second-order valence-corrected chi connectivity index (χ2v) is 7.09. The van der Waals surface area contributed by atoms with E-state index in [1.165, 1.54) is 6.26 Å². The van der Waals surface area contributed by atoms with Gasteiger partial charge in [0.25, 0.3) is 11.8 Å². The number of nitrogens with zero attached hydrogens (tertiary/aromatic N) is 1. The number of aryl methyl sites for hydroxylation is 2. The van der Waals surface area contributed by atoms with Crippen LogP contribution in [-0.4, -0.2) is 48.3 Å². The van der Waals surface area contributed by atoms with Crippen LogP contribution in [0.25, 0.3) is 0 Å². The zero-order valence-corrected chi connectivity index (χ0v) is 16.2. The molecule has 2 N–H and O–H groups in total. The van der Waals surface area contributed by atoms with Crippen LogP contribution >= 0.6 is 0 Å². The van der Waals surface area contributed by atoms with Gasteiger partial charge in [-0.15, -0.1) is 0 Å². The Balaban J connectivity index is 1.41. The smallest absolute Gasteiger partial charge is 0.289 e. The number of hydrogen-bond donors (Lipinski definition) is 2. The Hall–Kier alpha value is -3.09. The highest BCUT2D eigenvalue weighted by atomic mass is 16.3. The maximum atomic E-state index is 12.2. The van der Waals surface area contributed by atoms with Gasteiger partial charge in [-0.05, 0) is 62.1 Å². The standard InChI is InChI=1S/C21H25N3O4/c1-14-5-6-16(12-15(14)2)20(26)22-13-19(25)23-17-7-9-24(10-8-17)21(27)18-4-3-11-28-18/h3-6,11-12,17H,7-10,13H2,1-2H3,(H,22,26)(H,23,25). The highest BCUT2D eigenvalue weighted by molar-refractivity contribution is 5.96. The minimum Gasteiger partial charge on any atom is -0.459 e. The molecular formula is C21H25N3O4. The van der Waals surface area contributed by atoms with Gasteiger partial charge in [0.05, 0.1) is 12.8 Å². The minimum atomic E-state index is -0.267. The monoisotopic (exact) mass is 383 g/mol. The Morgan fingerprint density at radius 1 is 1.11 bits per heavy atom. The van der Waals surface area contributed by atoms with E-state index in [0.29, 0.717) is 37.3 Å².